The van der Waals surface area contributed by atoms with E-state index >= 15 is 0 Å². The molecule has 0 heterocycles. The summed E-state index contributed by atoms with van der Waals surface area (Å²) in [6, 6.07) is 0. The van der Waals surface area contributed by atoms with Crippen LogP contribution in [0.2, 0.25) is 0 Å². The summed E-state index contributed by atoms with van der Waals surface area (Å²) in [5.41, 5.74) is -0.0609. The van der Waals surface area contributed by atoms with Crippen LogP contribution < -0.4 is 0 Å². The molecule has 6 atom stereocenters. The van der Waals surface area contributed by atoms with Gasteiger partial charge in [-0.1, -0.05) is 25.2 Å². The molecule has 0 aliphatic heterocycles. The Kier molecular flexibility index (Phi) is 6.25. The van der Waals surface area contributed by atoms with Gasteiger partial charge in [0.2, 0.25) is 0 Å². The monoisotopic (exact) mass is 416 g/mol. The van der Waals surface area contributed by atoms with Gasteiger partial charge in [-0.05, 0) is 62.0 Å². The third-order valence-corrected chi connectivity index (χ3v) is 8.19. The van der Waals surface area contributed by atoms with Crippen LogP contribution >= 0.6 is 0 Å². The van der Waals surface area contributed by atoms with Crippen LogP contribution in [-0.2, 0) is 19.0 Å². The highest BCUT2D eigenvalue weighted by atomic mass is 16.7. The van der Waals surface area contributed by atoms with Gasteiger partial charge < -0.3 is 19.3 Å². The molecular formula is C25H36O5. The van der Waals surface area contributed by atoms with Crippen molar-refractivity contribution < 1.29 is 24.1 Å². The largest absolute Gasteiger partial charge is 0.498 e. The van der Waals surface area contributed by atoms with E-state index < -0.39 is 11.0 Å². The summed E-state index contributed by atoms with van der Waals surface area (Å²) in [6.45, 7) is 5.48. The molecule has 0 bridgehead atoms. The zero-order valence-corrected chi connectivity index (χ0v) is 18.6. The van der Waals surface area contributed by atoms with E-state index in [1.54, 1.807) is 7.11 Å². The smallest absolute Gasteiger partial charge is 0.146 e. The number of Topliss-reactive ketones (excluding diaryl/α,β-unsaturated/α-hetero) is 1. The lowest BCUT2D eigenvalue weighted by Crippen LogP contribution is -2.55. The fourth-order valence-electron chi connectivity index (χ4n) is 6.79. The second-order valence-electron chi connectivity index (χ2n) is 9.63. The number of hydrogen-bond donors (Lipinski definition) is 1. The Morgan fingerprint density at radius 2 is 2.17 bits per heavy atom. The Morgan fingerprint density at radius 1 is 1.33 bits per heavy atom. The second-order valence-corrected chi connectivity index (χ2v) is 9.63. The number of rotatable bonds is 7. The van der Waals surface area contributed by atoms with E-state index in [4.69, 9.17) is 14.2 Å². The average molecular weight is 417 g/mol. The maximum atomic E-state index is 13.5. The standard InChI is InChI=1S/C25H36O5/c1-4-30-18-7-9-19-17(14-18)6-8-20-21-10-12-25(27,11-5-13-29-16-28-3)24(21,2)15-22(26)23(19)20/h5-6,11,14,19-21,23,27H,4,7-10,12-13,15-16H2,1-3H3/b11-5-/t19-,20-,21-,23+,24-,25-/m0/s1. The zero-order valence-electron chi connectivity index (χ0n) is 18.6. The van der Waals surface area contributed by atoms with Crippen LogP contribution in [0, 0.1) is 29.1 Å². The van der Waals surface area contributed by atoms with Crippen LogP contribution in [0.25, 0.3) is 0 Å². The van der Waals surface area contributed by atoms with Crippen molar-refractivity contribution in [2.75, 3.05) is 27.1 Å². The molecule has 1 N–H and O–H groups in total. The van der Waals surface area contributed by atoms with Crippen molar-refractivity contribution in [1.82, 2.24) is 0 Å². The molecule has 4 aliphatic carbocycles. The molecule has 0 radical (unpaired) electrons. The molecule has 0 unspecified atom stereocenters. The number of carbonyl (C=O) groups excluding carboxylic acids is 1. The fraction of sp³-hybridized carbons (Fsp3) is 0.720. The minimum absolute atomic E-state index is 0.0962. The first-order valence-electron chi connectivity index (χ1n) is 11.5. The number of hydrogen-bond acceptors (Lipinski definition) is 5. The first-order chi connectivity index (χ1) is 14.4. The lowest BCUT2D eigenvalue weighted by Gasteiger charge is -2.53. The summed E-state index contributed by atoms with van der Waals surface area (Å²) in [6.07, 6.45) is 13.3. The Balaban J connectivity index is 1.55. The fourth-order valence-corrected chi connectivity index (χ4v) is 6.79. The summed E-state index contributed by atoms with van der Waals surface area (Å²) < 4.78 is 16.0. The van der Waals surface area contributed by atoms with Gasteiger partial charge in [0.15, 0.2) is 0 Å². The van der Waals surface area contributed by atoms with Crippen LogP contribution in [0.1, 0.15) is 52.4 Å². The first kappa shape index (κ1) is 21.8. The number of aliphatic hydroxyl groups is 1. The van der Waals surface area contributed by atoms with E-state index in [9.17, 15) is 9.90 Å². The topological polar surface area (TPSA) is 65.0 Å². The maximum absolute atomic E-state index is 13.5. The summed E-state index contributed by atoms with van der Waals surface area (Å²) in [5, 5.41) is 11.6. The molecule has 4 aliphatic rings. The van der Waals surface area contributed by atoms with Gasteiger partial charge in [0.25, 0.3) is 0 Å². The van der Waals surface area contributed by atoms with Crippen LogP contribution in [0.3, 0.4) is 0 Å². The Hall–Kier alpha value is -1.43. The molecule has 4 rings (SSSR count). The van der Waals surface area contributed by atoms with Gasteiger partial charge in [-0.25, -0.2) is 0 Å². The van der Waals surface area contributed by atoms with Gasteiger partial charge in [0, 0.05) is 31.3 Å². The molecule has 166 valence electrons. The van der Waals surface area contributed by atoms with E-state index in [2.05, 4.69) is 19.1 Å². The van der Waals surface area contributed by atoms with Gasteiger partial charge in [0.05, 0.1) is 24.6 Å². The molecule has 2 fully saturated rings. The normalized spacial score (nSPS) is 40.5. The highest BCUT2D eigenvalue weighted by Gasteiger charge is 2.63. The number of carbonyl (C=O) groups is 1. The molecule has 5 heteroatoms. The van der Waals surface area contributed by atoms with Crippen LogP contribution in [0.4, 0.5) is 0 Å². The molecule has 0 saturated heterocycles. The average Bonchev–Trinajstić information content (AvgIpc) is 2.98. The number of fused-ring (bicyclic) bond motifs is 5. The molecule has 0 spiro atoms. The zero-order chi connectivity index (χ0) is 21.4. The molecule has 30 heavy (non-hydrogen) atoms. The quantitative estimate of drug-likeness (QED) is 0.383. The van der Waals surface area contributed by atoms with Crippen molar-refractivity contribution in [2.24, 2.45) is 29.1 Å². The molecule has 0 aromatic heterocycles. The van der Waals surface area contributed by atoms with E-state index in [0.717, 1.165) is 31.4 Å². The summed E-state index contributed by atoms with van der Waals surface area (Å²) in [7, 11) is 1.59. The van der Waals surface area contributed by atoms with E-state index in [1.807, 2.05) is 19.1 Å². The Morgan fingerprint density at radius 3 is 2.93 bits per heavy atom. The van der Waals surface area contributed by atoms with Crippen molar-refractivity contribution in [1.29, 1.82) is 0 Å². The van der Waals surface area contributed by atoms with Gasteiger partial charge in [-0.15, -0.1) is 0 Å². The Bertz CT molecular complexity index is 753. The van der Waals surface area contributed by atoms with Crippen LogP contribution in [0.15, 0.2) is 35.6 Å². The highest BCUT2D eigenvalue weighted by molar-refractivity contribution is 5.84. The van der Waals surface area contributed by atoms with Crippen molar-refractivity contribution >= 4 is 5.78 Å². The first-order valence-corrected chi connectivity index (χ1v) is 11.5. The molecule has 0 aromatic carbocycles. The predicted octanol–water partition coefficient (Wildman–Crippen LogP) is 4.18. The molecule has 0 aromatic rings. The molecule has 0 amide bonds. The highest BCUT2D eigenvalue weighted by Crippen LogP contribution is 2.63. The van der Waals surface area contributed by atoms with Crippen molar-refractivity contribution in [3.8, 4) is 0 Å². The molecule has 5 nitrogen and oxygen atoms in total. The van der Waals surface area contributed by atoms with E-state index in [0.29, 0.717) is 49.6 Å². The summed E-state index contributed by atoms with van der Waals surface area (Å²) in [5.74, 6) is 2.51. The third kappa shape index (κ3) is 3.59. The number of ketones is 1. The molecule has 2 saturated carbocycles. The van der Waals surface area contributed by atoms with Gasteiger partial charge in [-0.2, -0.15) is 0 Å². The van der Waals surface area contributed by atoms with Crippen molar-refractivity contribution in [3.63, 3.8) is 0 Å². The minimum atomic E-state index is -0.951. The van der Waals surface area contributed by atoms with E-state index in [1.165, 1.54) is 5.57 Å². The Labute approximate surface area is 180 Å². The molecular weight excluding hydrogens is 380 g/mol. The third-order valence-electron chi connectivity index (χ3n) is 8.19. The lowest BCUT2D eigenvalue weighted by molar-refractivity contribution is -0.146. The SMILES string of the molecule is CCOC1=CC2=CC[C@@H]3[C@H](C(=O)C[C@@]4(C)[C@H]3CC[C@@]4(O)/C=C\COCOC)[C@H]2CC1. The number of ether oxygens (including phenoxy) is 3. The number of allylic oxidation sites excluding steroid dienone is 4. The van der Waals surface area contributed by atoms with Crippen LogP contribution in [-0.4, -0.2) is 43.6 Å². The maximum Gasteiger partial charge on any atom is 0.146 e. The van der Waals surface area contributed by atoms with Gasteiger partial charge in [-0.3, -0.25) is 4.79 Å². The second kappa shape index (κ2) is 8.60. The summed E-state index contributed by atoms with van der Waals surface area (Å²) in [4.78, 5) is 13.5. The van der Waals surface area contributed by atoms with Crippen molar-refractivity contribution in [3.05, 3.63) is 35.6 Å². The number of methoxy groups -OCH3 is 1. The van der Waals surface area contributed by atoms with Gasteiger partial charge >= 0.3 is 0 Å². The van der Waals surface area contributed by atoms with Crippen molar-refractivity contribution in [2.45, 2.75) is 58.0 Å². The lowest BCUT2D eigenvalue weighted by atomic mass is 9.51. The predicted molar refractivity (Wildman–Crippen MR) is 114 cm³/mol. The minimum Gasteiger partial charge on any atom is -0.498 e. The van der Waals surface area contributed by atoms with Crippen LogP contribution in [0.5, 0.6) is 0 Å². The van der Waals surface area contributed by atoms with Gasteiger partial charge in [0.1, 0.15) is 12.6 Å². The summed E-state index contributed by atoms with van der Waals surface area (Å²) >= 11 is 0. The van der Waals surface area contributed by atoms with E-state index in [-0.39, 0.29) is 12.7 Å².